The van der Waals surface area contributed by atoms with Gasteiger partial charge in [0.2, 0.25) is 0 Å². The van der Waals surface area contributed by atoms with Crippen LogP contribution in [0.2, 0.25) is 0 Å². The largest absolute Gasteiger partial charge is 0.322 e. The number of amides is 2. The molecule has 0 saturated carbocycles. The van der Waals surface area contributed by atoms with Crippen molar-refractivity contribution in [3.05, 3.63) is 112 Å². The molecule has 4 rings (SSSR count). The molecule has 5 nitrogen and oxygen atoms in total. The van der Waals surface area contributed by atoms with Gasteiger partial charge >= 0.3 is 0 Å². The number of carbonyl (C=O) groups is 2. The number of anilines is 1. The normalized spacial score (nSPS) is 10.9. The van der Waals surface area contributed by atoms with Crippen LogP contribution >= 0.6 is 15.9 Å². The smallest absolute Gasteiger partial charge is 0.271 e. The SMILES string of the molecule is O=C(N/N=C/c1ccc2ccccc2c1)c1ccc(NC(=O)c2ccccc2Br)cc1. The Morgan fingerprint density at radius 2 is 1.48 bits per heavy atom. The van der Waals surface area contributed by atoms with Crippen LogP contribution in [-0.4, -0.2) is 18.0 Å². The zero-order valence-corrected chi connectivity index (χ0v) is 18.0. The van der Waals surface area contributed by atoms with E-state index in [4.69, 9.17) is 0 Å². The van der Waals surface area contributed by atoms with Crippen molar-refractivity contribution in [1.82, 2.24) is 5.43 Å². The minimum atomic E-state index is -0.333. The third-order valence-corrected chi connectivity index (χ3v) is 5.37. The van der Waals surface area contributed by atoms with Crippen molar-refractivity contribution in [3.8, 4) is 0 Å². The van der Waals surface area contributed by atoms with E-state index in [1.54, 1.807) is 48.7 Å². The van der Waals surface area contributed by atoms with Crippen LogP contribution in [0.15, 0.2) is 101 Å². The van der Waals surface area contributed by atoms with Gasteiger partial charge in [0.1, 0.15) is 0 Å². The second-order valence-corrected chi connectivity index (χ2v) is 7.67. The summed E-state index contributed by atoms with van der Waals surface area (Å²) in [5.74, 6) is -0.564. The molecule has 31 heavy (non-hydrogen) atoms. The molecular weight excluding hydrogens is 454 g/mol. The van der Waals surface area contributed by atoms with Crippen LogP contribution < -0.4 is 10.7 Å². The third-order valence-electron chi connectivity index (χ3n) is 4.68. The van der Waals surface area contributed by atoms with E-state index in [1.165, 1.54) is 0 Å². The molecule has 0 radical (unpaired) electrons. The maximum Gasteiger partial charge on any atom is 0.271 e. The highest BCUT2D eigenvalue weighted by atomic mass is 79.9. The Labute approximate surface area is 187 Å². The highest BCUT2D eigenvalue weighted by Crippen LogP contribution is 2.18. The van der Waals surface area contributed by atoms with Crippen molar-refractivity contribution < 1.29 is 9.59 Å². The highest BCUT2D eigenvalue weighted by molar-refractivity contribution is 9.10. The van der Waals surface area contributed by atoms with Gasteiger partial charge in [0.05, 0.1) is 11.8 Å². The van der Waals surface area contributed by atoms with Crippen LogP contribution in [0.25, 0.3) is 10.8 Å². The molecule has 0 spiro atoms. The zero-order chi connectivity index (χ0) is 21.6. The Balaban J connectivity index is 1.37. The lowest BCUT2D eigenvalue weighted by molar-refractivity contribution is 0.0954. The molecule has 0 aliphatic rings. The number of nitrogens with one attached hydrogen (secondary N) is 2. The summed E-state index contributed by atoms with van der Waals surface area (Å²) in [7, 11) is 0. The summed E-state index contributed by atoms with van der Waals surface area (Å²) in [5, 5.41) is 9.12. The van der Waals surface area contributed by atoms with E-state index >= 15 is 0 Å². The maximum atomic E-state index is 12.4. The van der Waals surface area contributed by atoms with Gasteiger partial charge in [-0.1, -0.05) is 48.5 Å². The second-order valence-electron chi connectivity index (χ2n) is 6.82. The third kappa shape index (κ3) is 5.05. The summed E-state index contributed by atoms with van der Waals surface area (Å²) < 4.78 is 0.716. The van der Waals surface area contributed by atoms with E-state index in [9.17, 15) is 9.59 Å². The van der Waals surface area contributed by atoms with Gasteiger partial charge in [-0.15, -0.1) is 0 Å². The predicted molar refractivity (Wildman–Crippen MR) is 128 cm³/mol. The molecule has 0 heterocycles. The molecule has 0 atom stereocenters. The van der Waals surface area contributed by atoms with Crippen LogP contribution in [0.3, 0.4) is 0 Å². The van der Waals surface area contributed by atoms with Crippen molar-refractivity contribution in [2.75, 3.05) is 5.32 Å². The minimum Gasteiger partial charge on any atom is -0.322 e. The van der Waals surface area contributed by atoms with Crippen molar-refractivity contribution in [2.24, 2.45) is 5.10 Å². The summed E-state index contributed by atoms with van der Waals surface area (Å²) >= 11 is 3.37. The van der Waals surface area contributed by atoms with E-state index in [0.29, 0.717) is 21.3 Å². The molecule has 2 amide bonds. The average Bonchev–Trinajstić information content (AvgIpc) is 2.79. The summed E-state index contributed by atoms with van der Waals surface area (Å²) in [5.41, 5.74) is 4.99. The second kappa shape index (κ2) is 9.36. The van der Waals surface area contributed by atoms with Gasteiger partial charge in [-0.3, -0.25) is 9.59 Å². The summed E-state index contributed by atoms with van der Waals surface area (Å²) in [6.07, 6.45) is 1.61. The number of halogens is 1. The van der Waals surface area contributed by atoms with Gasteiger partial charge in [0.25, 0.3) is 11.8 Å². The lowest BCUT2D eigenvalue weighted by Gasteiger charge is -2.07. The number of benzene rings is 4. The molecule has 0 aliphatic carbocycles. The molecule has 4 aromatic carbocycles. The lowest BCUT2D eigenvalue weighted by atomic mass is 10.1. The Bertz CT molecular complexity index is 1280. The van der Waals surface area contributed by atoms with Gasteiger partial charge < -0.3 is 5.32 Å². The van der Waals surface area contributed by atoms with Crippen molar-refractivity contribution >= 4 is 50.4 Å². The van der Waals surface area contributed by atoms with Gasteiger partial charge in [-0.2, -0.15) is 5.10 Å². The number of hydrogen-bond donors (Lipinski definition) is 2. The van der Waals surface area contributed by atoms with Crippen molar-refractivity contribution in [1.29, 1.82) is 0 Å². The fraction of sp³-hybridized carbons (Fsp3) is 0. The first-order chi connectivity index (χ1) is 15.1. The van der Waals surface area contributed by atoms with Crippen LogP contribution in [-0.2, 0) is 0 Å². The Morgan fingerprint density at radius 3 is 2.26 bits per heavy atom. The van der Waals surface area contributed by atoms with Crippen LogP contribution in [0.1, 0.15) is 26.3 Å². The maximum absolute atomic E-state index is 12.4. The number of hydrazone groups is 1. The van der Waals surface area contributed by atoms with E-state index in [1.807, 2.05) is 48.5 Å². The molecule has 0 fully saturated rings. The Hall–Kier alpha value is -3.77. The molecule has 0 saturated heterocycles. The quantitative estimate of drug-likeness (QED) is 0.293. The fourth-order valence-corrected chi connectivity index (χ4v) is 3.53. The monoisotopic (exact) mass is 471 g/mol. The van der Waals surface area contributed by atoms with Crippen molar-refractivity contribution in [3.63, 3.8) is 0 Å². The Kier molecular flexibility index (Phi) is 6.19. The number of hydrogen-bond acceptors (Lipinski definition) is 3. The van der Waals surface area contributed by atoms with E-state index in [2.05, 4.69) is 31.8 Å². The topological polar surface area (TPSA) is 70.6 Å². The number of fused-ring (bicyclic) bond motifs is 1. The molecule has 4 aromatic rings. The number of nitrogens with zero attached hydrogens (tertiary/aromatic N) is 1. The standard InChI is InChI=1S/C25H18BrN3O2/c26-23-8-4-3-7-22(23)25(31)28-21-13-11-19(12-14-21)24(30)29-27-16-17-9-10-18-5-1-2-6-20(18)15-17/h1-16H,(H,28,31)(H,29,30)/b27-16+. The zero-order valence-electron chi connectivity index (χ0n) is 16.4. The van der Waals surface area contributed by atoms with Crippen LogP contribution in [0.4, 0.5) is 5.69 Å². The first-order valence-electron chi connectivity index (χ1n) is 9.58. The summed E-state index contributed by atoms with van der Waals surface area (Å²) in [6, 6.07) is 27.8. The van der Waals surface area contributed by atoms with E-state index in [0.717, 1.165) is 16.3 Å². The molecule has 152 valence electrons. The Morgan fingerprint density at radius 1 is 0.774 bits per heavy atom. The highest BCUT2D eigenvalue weighted by Gasteiger charge is 2.10. The number of rotatable bonds is 5. The molecule has 2 N–H and O–H groups in total. The first-order valence-corrected chi connectivity index (χ1v) is 10.4. The van der Waals surface area contributed by atoms with Gasteiger partial charge in [-0.25, -0.2) is 5.43 Å². The molecule has 0 aromatic heterocycles. The lowest BCUT2D eigenvalue weighted by Crippen LogP contribution is -2.18. The van der Waals surface area contributed by atoms with Gasteiger partial charge in [-0.05, 0) is 74.7 Å². The molecule has 0 unspecified atom stereocenters. The molecule has 0 bridgehead atoms. The van der Waals surface area contributed by atoms with Gasteiger partial charge in [0, 0.05) is 15.7 Å². The van der Waals surface area contributed by atoms with E-state index < -0.39 is 0 Å². The number of carbonyl (C=O) groups excluding carboxylic acids is 2. The van der Waals surface area contributed by atoms with E-state index in [-0.39, 0.29) is 11.8 Å². The predicted octanol–water partition coefficient (Wildman–Crippen LogP) is 5.62. The summed E-state index contributed by atoms with van der Waals surface area (Å²) in [6.45, 7) is 0. The molecular formula is C25H18BrN3O2. The van der Waals surface area contributed by atoms with Crippen LogP contribution in [0.5, 0.6) is 0 Å². The average molecular weight is 472 g/mol. The van der Waals surface area contributed by atoms with Crippen molar-refractivity contribution in [2.45, 2.75) is 0 Å². The molecule has 6 heteroatoms. The van der Waals surface area contributed by atoms with Gasteiger partial charge in [0.15, 0.2) is 0 Å². The summed E-state index contributed by atoms with van der Waals surface area (Å²) in [4.78, 5) is 24.7. The van der Waals surface area contributed by atoms with Crippen LogP contribution in [0, 0.1) is 0 Å². The first kappa shape index (κ1) is 20.5. The fourth-order valence-electron chi connectivity index (χ4n) is 3.07. The minimum absolute atomic E-state index is 0.232. The molecule has 0 aliphatic heterocycles.